The minimum absolute atomic E-state index is 0. The number of hydrogen-bond donors (Lipinski definition) is 0. The third-order valence-corrected chi connectivity index (χ3v) is 1.59. The van der Waals surface area contributed by atoms with Gasteiger partial charge in [-0.15, -0.1) is 16.8 Å². The van der Waals surface area contributed by atoms with Crippen LogP contribution in [0.1, 0.15) is 0 Å². The van der Waals surface area contributed by atoms with Crippen LogP contribution in [0.25, 0.3) is 10.8 Å². The number of fused-ring (bicyclic) bond motifs is 1. The Labute approximate surface area is 88.5 Å². The average Bonchev–Trinajstić information content (AvgIpc) is 2.05. The molecule has 11 heavy (non-hydrogen) atoms. The molecule has 0 atom stereocenters. The first-order valence-corrected chi connectivity index (χ1v) is 3.32. The molecule has 0 aliphatic heterocycles. The molecule has 2 aromatic carbocycles. The van der Waals surface area contributed by atoms with Crippen LogP contribution in [0.5, 0.6) is 0 Å². The fraction of sp³-hybridized carbons (Fsp3) is 0. The van der Waals surface area contributed by atoms with Gasteiger partial charge in [-0.25, -0.2) is 0 Å². The van der Waals surface area contributed by atoms with E-state index in [0.717, 1.165) is 0 Å². The van der Waals surface area contributed by atoms with Gasteiger partial charge >= 0.3 is 29.6 Å². The van der Waals surface area contributed by atoms with Gasteiger partial charge in [0.2, 0.25) is 0 Å². The minimum atomic E-state index is 0. The maximum Gasteiger partial charge on any atom is 1.00 e. The Morgan fingerprint density at radius 1 is 0.909 bits per heavy atom. The van der Waals surface area contributed by atoms with Crippen LogP contribution in [0, 0.1) is 6.07 Å². The number of benzene rings is 2. The van der Waals surface area contributed by atoms with E-state index in [0.29, 0.717) is 0 Å². The SMILES string of the molecule is [Na+].[c-]1ccc2ccccc2c1. The van der Waals surface area contributed by atoms with Gasteiger partial charge in [-0.05, 0) is 0 Å². The Morgan fingerprint density at radius 3 is 2.36 bits per heavy atom. The van der Waals surface area contributed by atoms with Gasteiger partial charge in [0.15, 0.2) is 0 Å². The van der Waals surface area contributed by atoms with Gasteiger partial charge in [0, 0.05) is 0 Å². The van der Waals surface area contributed by atoms with Gasteiger partial charge in [-0.2, -0.15) is 24.3 Å². The first-order valence-electron chi connectivity index (χ1n) is 3.32. The van der Waals surface area contributed by atoms with E-state index >= 15 is 0 Å². The maximum absolute atomic E-state index is 3.04. The van der Waals surface area contributed by atoms with E-state index in [-0.39, 0.29) is 29.6 Å². The molecule has 48 valence electrons. The molecule has 0 unspecified atom stereocenters. The molecule has 0 nitrogen and oxygen atoms in total. The van der Waals surface area contributed by atoms with Crippen LogP contribution in [0.15, 0.2) is 42.5 Å². The second kappa shape index (κ2) is 3.91. The minimum Gasteiger partial charge on any atom is -0.183 e. The van der Waals surface area contributed by atoms with E-state index < -0.39 is 0 Å². The summed E-state index contributed by atoms with van der Waals surface area (Å²) in [7, 11) is 0. The summed E-state index contributed by atoms with van der Waals surface area (Å²) < 4.78 is 0. The first-order chi connectivity index (χ1) is 4.97. The van der Waals surface area contributed by atoms with Crippen LogP contribution >= 0.6 is 0 Å². The third-order valence-electron chi connectivity index (χ3n) is 1.59. The molecule has 0 amide bonds. The summed E-state index contributed by atoms with van der Waals surface area (Å²) in [6.45, 7) is 0. The molecule has 0 fully saturated rings. The van der Waals surface area contributed by atoms with Crippen molar-refractivity contribution >= 4 is 10.8 Å². The van der Waals surface area contributed by atoms with Crippen molar-refractivity contribution in [3.8, 4) is 0 Å². The molecule has 1 heteroatoms. The maximum atomic E-state index is 3.04. The Bertz CT molecular complexity index is 276. The van der Waals surface area contributed by atoms with E-state index in [1.165, 1.54) is 10.8 Å². The second-order valence-corrected chi connectivity index (χ2v) is 2.27. The molecule has 2 rings (SSSR count). The Balaban J connectivity index is 0.000000605. The molecule has 0 spiro atoms. The third kappa shape index (κ3) is 1.84. The summed E-state index contributed by atoms with van der Waals surface area (Å²) >= 11 is 0. The molecule has 0 bridgehead atoms. The van der Waals surface area contributed by atoms with Crippen LogP contribution in [-0.2, 0) is 0 Å². The van der Waals surface area contributed by atoms with Crippen LogP contribution in [-0.4, -0.2) is 0 Å². The standard InChI is InChI=1S/C10H7.Na/c1-2-6-10-8-4-3-7-9(10)5-1;/h1-3,5-8H;/q-1;+1. The smallest absolute Gasteiger partial charge is 0.183 e. The zero-order valence-electron chi connectivity index (χ0n) is 6.54. The Hall–Kier alpha value is -0.300. The molecule has 0 radical (unpaired) electrons. The molecule has 2 aromatic rings. The topological polar surface area (TPSA) is 0 Å². The molecule has 0 saturated heterocycles. The summed E-state index contributed by atoms with van der Waals surface area (Å²) in [6, 6.07) is 17.3. The molecule has 0 N–H and O–H groups in total. The average molecular weight is 150 g/mol. The number of hydrogen-bond acceptors (Lipinski definition) is 0. The van der Waals surface area contributed by atoms with E-state index in [1.54, 1.807) is 0 Å². The fourth-order valence-corrected chi connectivity index (χ4v) is 1.07. The van der Waals surface area contributed by atoms with Crippen LogP contribution in [0.4, 0.5) is 0 Å². The van der Waals surface area contributed by atoms with Crippen LogP contribution < -0.4 is 29.6 Å². The Kier molecular flexibility index (Phi) is 3.13. The normalized spacial score (nSPS) is 9.09. The summed E-state index contributed by atoms with van der Waals surface area (Å²) in [5.74, 6) is 0. The van der Waals surface area contributed by atoms with Gasteiger partial charge in [0.25, 0.3) is 0 Å². The van der Waals surface area contributed by atoms with Gasteiger partial charge in [0.05, 0.1) is 0 Å². The molecule has 0 aromatic heterocycles. The van der Waals surface area contributed by atoms with Gasteiger partial charge in [-0.1, -0.05) is 18.2 Å². The van der Waals surface area contributed by atoms with Crippen molar-refractivity contribution in [2.45, 2.75) is 0 Å². The zero-order valence-corrected chi connectivity index (χ0v) is 8.54. The predicted molar refractivity (Wildman–Crippen MR) is 42.8 cm³/mol. The molecule has 0 saturated carbocycles. The second-order valence-electron chi connectivity index (χ2n) is 2.27. The monoisotopic (exact) mass is 150 g/mol. The van der Waals surface area contributed by atoms with Crippen molar-refractivity contribution in [1.82, 2.24) is 0 Å². The summed E-state index contributed by atoms with van der Waals surface area (Å²) in [4.78, 5) is 0. The van der Waals surface area contributed by atoms with E-state index in [1.807, 2.05) is 24.3 Å². The quantitative estimate of drug-likeness (QED) is 0.355. The first kappa shape index (κ1) is 8.79. The fourth-order valence-electron chi connectivity index (χ4n) is 1.07. The van der Waals surface area contributed by atoms with Crippen LogP contribution in [0.2, 0.25) is 0 Å². The van der Waals surface area contributed by atoms with Gasteiger partial charge < -0.3 is 0 Å². The van der Waals surface area contributed by atoms with E-state index in [2.05, 4.69) is 24.3 Å². The summed E-state index contributed by atoms with van der Waals surface area (Å²) in [5, 5.41) is 2.53. The van der Waals surface area contributed by atoms with Crippen molar-refractivity contribution in [2.24, 2.45) is 0 Å². The zero-order chi connectivity index (χ0) is 6.81. The molecular weight excluding hydrogens is 143 g/mol. The van der Waals surface area contributed by atoms with Crippen molar-refractivity contribution in [3.05, 3.63) is 48.5 Å². The van der Waals surface area contributed by atoms with Crippen molar-refractivity contribution < 1.29 is 29.6 Å². The Morgan fingerprint density at radius 2 is 1.64 bits per heavy atom. The van der Waals surface area contributed by atoms with Crippen molar-refractivity contribution in [1.29, 1.82) is 0 Å². The molecular formula is C10H7Na. The molecule has 0 aliphatic carbocycles. The predicted octanol–water partition coefficient (Wildman–Crippen LogP) is -0.356. The number of rotatable bonds is 0. The van der Waals surface area contributed by atoms with Crippen molar-refractivity contribution in [2.75, 3.05) is 0 Å². The largest absolute Gasteiger partial charge is 1.00 e. The summed E-state index contributed by atoms with van der Waals surface area (Å²) in [5.41, 5.74) is 0. The van der Waals surface area contributed by atoms with E-state index in [9.17, 15) is 0 Å². The van der Waals surface area contributed by atoms with Crippen LogP contribution in [0.3, 0.4) is 0 Å². The molecule has 0 aliphatic rings. The van der Waals surface area contributed by atoms with Crippen molar-refractivity contribution in [3.63, 3.8) is 0 Å². The van der Waals surface area contributed by atoms with E-state index in [4.69, 9.17) is 0 Å². The molecule has 0 heterocycles. The van der Waals surface area contributed by atoms with Gasteiger partial charge in [0.1, 0.15) is 0 Å². The van der Waals surface area contributed by atoms with Gasteiger partial charge in [-0.3, -0.25) is 0 Å². The summed E-state index contributed by atoms with van der Waals surface area (Å²) in [6.07, 6.45) is 0.